The van der Waals surface area contributed by atoms with Gasteiger partial charge in [-0.1, -0.05) is 0 Å². The van der Waals surface area contributed by atoms with E-state index in [1.54, 1.807) is 0 Å². The molecule has 0 aliphatic carbocycles. The molecule has 1 aromatic rings. The van der Waals surface area contributed by atoms with E-state index in [-0.39, 0.29) is 0 Å². The predicted octanol–water partition coefficient (Wildman–Crippen LogP) is 1.22. The van der Waals surface area contributed by atoms with Crippen LogP contribution in [0.4, 0.5) is 8.78 Å². The molecule has 0 aliphatic rings. The van der Waals surface area contributed by atoms with E-state index in [1.165, 1.54) is 0 Å². The summed E-state index contributed by atoms with van der Waals surface area (Å²) in [5.41, 5.74) is -0.699. The van der Waals surface area contributed by atoms with E-state index in [4.69, 9.17) is 10.2 Å². The number of hydrogen-bond donors (Lipinski definition) is 2. The second-order valence-corrected chi connectivity index (χ2v) is 2.78. The van der Waals surface area contributed by atoms with E-state index in [0.717, 1.165) is 6.07 Å². The maximum Gasteiger partial charge on any atom is 0.322 e. The smallest absolute Gasteiger partial charge is 0.322 e. The third-order valence-corrected chi connectivity index (χ3v) is 1.76. The van der Waals surface area contributed by atoms with Crippen molar-refractivity contribution in [3.8, 4) is 0 Å². The van der Waals surface area contributed by atoms with Crippen LogP contribution < -0.4 is 0 Å². The normalized spacial score (nSPS) is 10.3. The van der Waals surface area contributed by atoms with E-state index in [0.29, 0.717) is 12.1 Å². The lowest BCUT2D eigenvalue weighted by atomic mass is 9.99. The standard InChI is InChI=1S/C9H6F2O4/c10-4-1-2-6(11)5(3-4)7(8(12)13)9(14)15/h1-3,7H,(H,12,13)(H,14,15). The quantitative estimate of drug-likeness (QED) is 0.745. The number of hydrogen-bond acceptors (Lipinski definition) is 2. The number of carbonyl (C=O) groups is 2. The van der Waals surface area contributed by atoms with Crippen molar-refractivity contribution in [2.24, 2.45) is 0 Å². The summed E-state index contributed by atoms with van der Waals surface area (Å²) in [5.74, 6) is -7.54. The number of rotatable bonds is 3. The zero-order valence-corrected chi connectivity index (χ0v) is 7.28. The summed E-state index contributed by atoms with van der Waals surface area (Å²) < 4.78 is 25.7. The molecule has 6 heteroatoms. The molecule has 0 aliphatic heterocycles. The Labute approximate surface area is 82.8 Å². The number of carboxylic acids is 2. The molecule has 2 N–H and O–H groups in total. The van der Waals surface area contributed by atoms with Gasteiger partial charge in [0.25, 0.3) is 0 Å². The van der Waals surface area contributed by atoms with Crippen LogP contribution in [-0.4, -0.2) is 22.2 Å². The molecule has 0 bridgehead atoms. The highest BCUT2D eigenvalue weighted by molar-refractivity contribution is 5.99. The molecule has 0 heterocycles. The van der Waals surface area contributed by atoms with E-state index in [2.05, 4.69) is 0 Å². The first-order valence-electron chi connectivity index (χ1n) is 3.84. The Kier molecular flexibility index (Phi) is 2.99. The zero-order valence-electron chi connectivity index (χ0n) is 7.28. The summed E-state index contributed by atoms with van der Waals surface area (Å²) in [5, 5.41) is 17.1. The van der Waals surface area contributed by atoms with Gasteiger partial charge in [-0.15, -0.1) is 0 Å². The fourth-order valence-corrected chi connectivity index (χ4v) is 1.11. The van der Waals surface area contributed by atoms with Crippen molar-refractivity contribution in [2.45, 2.75) is 5.92 Å². The van der Waals surface area contributed by atoms with Gasteiger partial charge in [-0.2, -0.15) is 0 Å². The number of halogens is 2. The van der Waals surface area contributed by atoms with Gasteiger partial charge in [-0.05, 0) is 18.2 Å². The minimum atomic E-state index is -2.10. The van der Waals surface area contributed by atoms with Gasteiger partial charge in [0.2, 0.25) is 0 Å². The Morgan fingerprint density at radius 2 is 1.67 bits per heavy atom. The molecule has 0 spiro atoms. The highest BCUT2D eigenvalue weighted by atomic mass is 19.1. The number of benzene rings is 1. The summed E-state index contributed by atoms with van der Waals surface area (Å²) >= 11 is 0. The lowest BCUT2D eigenvalue weighted by Gasteiger charge is -2.08. The van der Waals surface area contributed by atoms with Crippen LogP contribution in [-0.2, 0) is 9.59 Å². The van der Waals surface area contributed by atoms with E-state index in [9.17, 15) is 18.4 Å². The first kappa shape index (κ1) is 11.1. The number of aliphatic carboxylic acids is 2. The third kappa shape index (κ3) is 2.28. The molecule has 0 fully saturated rings. The highest BCUT2D eigenvalue weighted by Crippen LogP contribution is 2.21. The van der Waals surface area contributed by atoms with Crippen LogP contribution >= 0.6 is 0 Å². The van der Waals surface area contributed by atoms with Gasteiger partial charge in [-0.3, -0.25) is 9.59 Å². The topological polar surface area (TPSA) is 74.6 Å². The molecule has 1 aromatic carbocycles. The maximum absolute atomic E-state index is 13.0. The van der Waals surface area contributed by atoms with Crippen molar-refractivity contribution in [1.82, 2.24) is 0 Å². The molecule has 0 aromatic heterocycles. The van der Waals surface area contributed by atoms with Gasteiger partial charge in [-0.25, -0.2) is 8.78 Å². The van der Waals surface area contributed by atoms with E-state index in [1.807, 2.05) is 0 Å². The second kappa shape index (κ2) is 4.04. The van der Waals surface area contributed by atoms with Gasteiger partial charge in [0, 0.05) is 5.56 Å². The summed E-state index contributed by atoms with van der Waals surface area (Å²) in [4.78, 5) is 21.1. The fourth-order valence-electron chi connectivity index (χ4n) is 1.11. The molecule has 80 valence electrons. The van der Waals surface area contributed by atoms with E-state index >= 15 is 0 Å². The summed E-state index contributed by atoms with van der Waals surface area (Å²) in [6.45, 7) is 0. The molecular weight excluding hydrogens is 210 g/mol. The fraction of sp³-hybridized carbons (Fsp3) is 0.111. The molecule has 15 heavy (non-hydrogen) atoms. The Morgan fingerprint density at radius 1 is 1.13 bits per heavy atom. The van der Waals surface area contributed by atoms with Gasteiger partial charge < -0.3 is 10.2 Å². The van der Waals surface area contributed by atoms with Crippen molar-refractivity contribution in [1.29, 1.82) is 0 Å². The van der Waals surface area contributed by atoms with Crippen LogP contribution in [0, 0.1) is 11.6 Å². The van der Waals surface area contributed by atoms with Gasteiger partial charge in [0.1, 0.15) is 11.6 Å². The van der Waals surface area contributed by atoms with Gasteiger partial charge in [0.05, 0.1) is 0 Å². The molecule has 0 amide bonds. The molecular formula is C9H6F2O4. The average Bonchev–Trinajstić information content (AvgIpc) is 2.10. The second-order valence-electron chi connectivity index (χ2n) is 2.78. The lowest BCUT2D eigenvalue weighted by Crippen LogP contribution is -2.22. The Morgan fingerprint density at radius 3 is 2.13 bits per heavy atom. The van der Waals surface area contributed by atoms with Crippen LogP contribution in [0.25, 0.3) is 0 Å². The molecule has 0 atom stereocenters. The minimum Gasteiger partial charge on any atom is -0.480 e. The lowest BCUT2D eigenvalue weighted by molar-refractivity contribution is -0.150. The minimum absolute atomic E-state index is 0.558. The van der Waals surface area contributed by atoms with Crippen molar-refractivity contribution in [3.05, 3.63) is 35.4 Å². The summed E-state index contributed by atoms with van der Waals surface area (Å²) in [6.07, 6.45) is 0. The van der Waals surface area contributed by atoms with Crippen LogP contribution in [0.1, 0.15) is 11.5 Å². The largest absolute Gasteiger partial charge is 0.480 e. The van der Waals surface area contributed by atoms with Crippen LogP contribution in [0.15, 0.2) is 18.2 Å². The van der Waals surface area contributed by atoms with Crippen LogP contribution in [0.3, 0.4) is 0 Å². The van der Waals surface area contributed by atoms with Crippen molar-refractivity contribution in [2.75, 3.05) is 0 Å². The molecule has 4 nitrogen and oxygen atoms in total. The van der Waals surface area contributed by atoms with Crippen molar-refractivity contribution >= 4 is 11.9 Å². The first-order chi connectivity index (χ1) is 6.93. The van der Waals surface area contributed by atoms with Crippen LogP contribution in [0.2, 0.25) is 0 Å². The van der Waals surface area contributed by atoms with Crippen molar-refractivity contribution < 1.29 is 28.6 Å². The third-order valence-electron chi connectivity index (χ3n) is 1.76. The molecule has 1 rings (SSSR count). The van der Waals surface area contributed by atoms with Gasteiger partial charge in [0.15, 0.2) is 5.92 Å². The summed E-state index contributed by atoms with van der Waals surface area (Å²) in [7, 11) is 0. The van der Waals surface area contributed by atoms with Crippen molar-refractivity contribution in [3.63, 3.8) is 0 Å². The highest BCUT2D eigenvalue weighted by Gasteiger charge is 2.30. The number of carboxylic acid groups (broad SMARTS) is 2. The predicted molar refractivity (Wildman–Crippen MR) is 44.4 cm³/mol. The molecule has 0 saturated heterocycles. The SMILES string of the molecule is O=C(O)C(C(=O)O)c1cc(F)ccc1F. The maximum atomic E-state index is 13.0. The van der Waals surface area contributed by atoms with E-state index < -0.39 is 35.1 Å². The first-order valence-corrected chi connectivity index (χ1v) is 3.84. The Hall–Kier alpha value is -1.98. The average molecular weight is 216 g/mol. The van der Waals surface area contributed by atoms with Crippen LogP contribution in [0.5, 0.6) is 0 Å². The molecule has 0 saturated carbocycles. The molecule has 0 radical (unpaired) electrons. The summed E-state index contributed by atoms with van der Waals surface area (Å²) in [6, 6.07) is 2.02. The monoisotopic (exact) mass is 216 g/mol. The zero-order chi connectivity index (χ0) is 11.6. The Bertz CT molecular complexity index is 403. The molecule has 0 unspecified atom stereocenters. The Balaban J connectivity index is 3.28. The van der Waals surface area contributed by atoms with Gasteiger partial charge >= 0.3 is 11.9 Å².